The predicted molar refractivity (Wildman–Crippen MR) is 108 cm³/mol. The van der Waals surface area contributed by atoms with E-state index >= 15 is 0 Å². The number of aryl methyl sites for hydroxylation is 2. The molecule has 0 radical (unpaired) electrons. The van der Waals surface area contributed by atoms with E-state index in [4.69, 9.17) is 0 Å². The van der Waals surface area contributed by atoms with Crippen molar-refractivity contribution in [1.82, 2.24) is 24.6 Å². The lowest BCUT2D eigenvalue weighted by atomic mass is 10.1. The fourth-order valence-corrected chi connectivity index (χ4v) is 3.12. The lowest BCUT2D eigenvalue weighted by Gasteiger charge is -2.09. The molecular formula is C20H28ClN5. The molecule has 0 amide bonds. The molecule has 2 heterocycles. The zero-order chi connectivity index (χ0) is 17.8. The van der Waals surface area contributed by atoms with E-state index in [1.165, 1.54) is 22.4 Å². The average Bonchev–Trinajstić information content (AvgIpc) is 3.14. The summed E-state index contributed by atoms with van der Waals surface area (Å²) < 4.78 is 4.07. The van der Waals surface area contributed by atoms with Gasteiger partial charge in [-0.05, 0) is 24.0 Å². The second-order valence-corrected chi connectivity index (χ2v) is 6.89. The first-order valence-corrected chi connectivity index (χ1v) is 8.81. The Labute approximate surface area is 161 Å². The SMILES string of the molecule is Cc1nccn1Cc1cccc(CNCc2cn(C)nc2C(C)C)c1.Cl. The number of hydrogen-bond acceptors (Lipinski definition) is 3. The molecule has 0 saturated carbocycles. The second kappa shape index (κ2) is 9.01. The third-order valence-electron chi connectivity index (χ3n) is 4.40. The predicted octanol–water partition coefficient (Wildman–Crippen LogP) is 3.81. The van der Waals surface area contributed by atoms with Crippen LogP contribution in [0.25, 0.3) is 0 Å². The number of imidazole rings is 1. The van der Waals surface area contributed by atoms with Crippen molar-refractivity contribution in [3.05, 3.63) is 71.1 Å². The molecule has 0 saturated heterocycles. The molecule has 3 aromatic rings. The van der Waals surface area contributed by atoms with Gasteiger partial charge in [0.1, 0.15) is 5.82 Å². The van der Waals surface area contributed by atoms with Crippen LogP contribution in [0.5, 0.6) is 0 Å². The largest absolute Gasteiger partial charge is 0.331 e. The van der Waals surface area contributed by atoms with Gasteiger partial charge in [0.15, 0.2) is 0 Å². The molecule has 0 bridgehead atoms. The number of hydrogen-bond donors (Lipinski definition) is 1. The quantitative estimate of drug-likeness (QED) is 0.685. The first kappa shape index (κ1) is 20.2. The van der Waals surface area contributed by atoms with Gasteiger partial charge in [0, 0.05) is 50.8 Å². The number of halogens is 1. The third-order valence-corrected chi connectivity index (χ3v) is 4.40. The van der Waals surface area contributed by atoms with Crippen LogP contribution in [0.4, 0.5) is 0 Å². The molecule has 6 heteroatoms. The van der Waals surface area contributed by atoms with Gasteiger partial charge in [-0.1, -0.05) is 38.1 Å². The molecule has 0 aliphatic heterocycles. The molecule has 140 valence electrons. The number of nitrogens with zero attached hydrogens (tertiary/aromatic N) is 4. The van der Waals surface area contributed by atoms with Crippen molar-refractivity contribution in [2.45, 2.75) is 46.3 Å². The normalized spacial score (nSPS) is 11.0. The Balaban J connectivity index is 0.00000243. The topological polar surface area (TPSA) is 47.7 Å². The lowest BCUT2D eigenvalue weighted by molar-refractivity contribution is 0.676. The summed E-state index contributed by atoms with van der Waals surface area (Å²) >= 11 is 0. The molecule has 0 aliphatic carbocycles. The van der Waals surface area contributed by atoms with E-state index in [2.05, 4.69) is 64.3 Å². The van der Waals surface area contributed by atoms with Crippen LogP contribution >= 0.6 is 12.4 Å². The number of benzene rings is 1. The Bertz CT molecular complexity index is 834. The summed E-state index contributed by atoms with van der Waals surface area (Å²) in [6.07, 6.45) is 5.98. The summed E-state index contributed by atoms with van der Waals surface area (Å²) in [7, 11) is 1.98. The summed E-state index contributed by atoms with van der Waals surface area (Å²) in [4.78, 5) is 4.29. The fraction of sp³-hybridized carbons (Fsp3) is 0.400. The Morgan fingerprint density at radius 3 is 2.62 bits per heavy atom. The molecule has 0 fully saturated rings. The van der Waals surface area contributed by atoms with Gasteiger partial charge in [-0.15, -0.1) is 12.4 Å². The van der Waals surface area contributed by atoms with Crippen LogP contribution in [0.3, 0.4) is 0 Å². The van der Waals surface area contributed by atoms with Gasteiger partial charge in [-0.2, -0.15) is 5.10 Å². The fourth-order valence-electron chi connectivity index (χ4n) is 3.12. The van der Waals surface area contributed by atoms with Gasteiger partial charge in [-0.25, -0.2) is 4.98 Å². The number of nitrogens with one attached hydrogen (secondary N) is 1. The van der Waals surface area contributed by atoms with Crippen molar-refractivity contribution < 1.29 is 0 Å². The highest BCUT2D eigenvalue weighted by atomic mass is 35.5. The highest BCUT2D eigenvalue weighted by Crippen LogP contribution is 2.17. The minimum absolute atomic E-state index is 0. The Hall–Kier alpha value is -2.11. The van der Waals surface area contributed by atoms with E-state index in [0.717, 1.165) is 25.5 Å². The third kappa shape index (κ3) is 4.96. The lowest BCUT2D eigenvalue weighted by Crippen LogP contribution is -2.14. The first-order valence-electron chi connectivity index (χ1n) is 8.81. The Morgan fingerprint density at radius 1 is 1.15 bits per heavy atom. The van der Waals surface area contributed by atoms with Crippen LogP contribution in [0.2, 0.25) is 0 Å². The molecule has 0 unspecified atom stereocenters. The van der Waals surface area contributed by atoms with Gasteiger partial charge < -0.3 is 9.88 Å². The summed E-state index contributed by atoms with van der Waals surface area (Å²) in [6, 6.07) is 8.73. The van der Waals surface area contributed by atoms with Crippen LogP contribution < -0.4 is 5.32 Å². The zero-order valence-corrected chi connectivity index (χ0v) is 16.8. The molecule has 3 rings (SSSR count). The monoisotopic (exact) mass is 373 g/mol. The maximum absolute atomic E-state index is 4.57. The van der Waals surface area contributed by atoms with Crippen molar-refractivity contribution in [3.8, 4) is 0 Å². The van der Waals surface area contributed by atoms with Crippen LogP contribution in [-0.4, -0.2) is 19.3 Å². The number of aromatic nitrogens is 4. The minimum Gasteiger partial charge on any atom is -0.331 e. The molecular weight excluding hydrogens is 346 g/mol. The number of rotatable bonds is 7. The molecule has 0 aliphatic rings. The van der Waals surface area contributed by atoms with Crippen LogP contribution in [0.15, 0.2) is 42.9 Å². The van der Waals surface area contributed by atoms with Gasteiger partial charge >= 0.3 is 0 Å². The standard InChI is InChI=1S/C20H27N5.ClH/c1-15(2)20-19(14-24(4)23-20)12-21-11-17-6-5-7-18(10-17)13-25-9-8-22-16(25)3;/h5-10,14-15,21H,11-13H2,1-4H3;1H. The van der Waals surface area contributed by atoms with Crippen LogP contribution in [0.1, 0.15) is 48.0 Å². The highest BCUT2D eigenvalue weighted by molar-refractivity contribution is 5.85. The van der Waals surface area contributed by atoms with Crippen LogP contribution in [0, 0.1) is 6.92 Å². The van der Waals surface area contributed by atoms with Crippen LogP contribution in [-0.2, 0) is 26.7 Å². The summed E-state index contributed by atoms with van der Waals surface area (Å²) in [6.45, 7) is 8.96. The smallest absolute Gasteiger partial charge is 0.105 e. The molecule has 1 N–H and O–H groups in total. The Morgan fingerprint density at radius 2 is 1.92 bits per heavy atom. The first-order chi connectivity index (χ1) is 12.0. The average molecular weight is 374 g/mol. The van der Waals surface area contributed by atoms with Crippen molar-refractivity contribution in [3.63, 3.8) is 0 Å². The van der Waals surface area contributed by atoms with Crippen molar-refractivity contribution >= 4 is 12.4 Å². The summed E-state index contributed by atoms with van der Waals surface area (Å²) in [5, 5.41) is 8.12. The van der Waals surface area contributed by atoms with Crippen molar-refractivity contribution in [2.24, 2.45) is 7.05 Å². The van der Waals surface area contributed by atoms with Gasteiger partial charge in [0.25, 0.3) is 0 Å². The van der Waals surface area contributed by atoms with E-state index in [1.54, 1.807) is 0 Å². The maximum atomic E-state index is 4.57. The minimum atomic E-state index is 0. The molecule has 2 aromatic heterocycles. The van der Waals surface area contributed by atoms with Gasteiger partial charge in [-0.3, -0.25) is 4.68 Å². The zero-order valence-electron chi connectivity index (χ0n) is 15.9. The van der Waals surface area contributed by atoms with Gasteiger partial charge in [0.2, 0.25) is 0 Å². The maximum Gasteiger partial charge on any atom is 0.105 e. The van der Waals surface area contributed by atoms with Crippen molar-refractivity contribution in [1.29, 1.82) is 0 Å². The van der Waals surface area contributed by atoms with E-state index in [0.29, 0.717) is 5.92 Å². The van der Waals surface area contributed by atoms with E-state index in [-0.39, 0.29) is 12.4 Å². The van der Waals surface area contributed by atoms with Gasteiger partial charge in [0.05, 0.1) is 5.69 Å². The second-order valence-electron chi connectivity index (χ2n) is 6.89. The molecule has 0 atom stereocenters. The van der Waals surface area contributed by atoms with E-state index < -0.39 is 0 Å². The van der Waals surface area contributed by atoms with E-state index in [9.17, 15) is 0 Å². The molecule has 0 spiro atoms. The molecule has 26 heavy (non-hydrogen) atoms. The summed E-state index contributed by atoms with van der Waals surface area (Å²) in [5.41, 5.74) is 5.05. The van der Waals surface area contributed by atoms with E-state index in [1.807, 2.05) is 31.0 Å². The molecule has 1 aromatic carbocycles. The highest BCUT2D eigenvalue weighted by Gasteiger charge is 2.10. The molecule has 5 nitrogen and oxygen atoms in total. The Kier molecular flexibility index (Phi) is 7.00. The summed E-state index contributed by atoms with van der Waals surface area (Å²) in [5.74, 6) is 1.49. The van der Waals surface area contributed by atoms with Crippen molar-refractivity contribution in [2.75, 3.05) is 0 Å².